The molecule has 0 radical (unpaired) electrons. The van der Waals surface area contributed by atoms with Crippen molar-refractivity contribution in [3.8, 4) is 0 Å². The molecule has 0 spiro atoms. The molecule has 3 atom stereocenters. The largest absolute Gasteiger partial charge is 0.381 e. The van der Waals surface area contributed by atoms with Crippen LogP contribution in [0.1, 0.15) is 32.1 Å². The van der Waals surface area contributed by atoms with Gasteiger partial charge < -0.3 is 10.1 Å². The SMILES string of the molecule is COC1CCCC(C2CCNC2)C1. The standard InChI is InChI=1S/C11H21NO/c1-13-11-4-2-3-9(7-11)10-5-6-12-8-10/h9-12H,2-8H2,1H3. The van der Waals surface area contributed by atoms with Crippen molar-refractivity contribution < 1.29 is 4.74 Å². The van der Waals surface area contributed by atoms with Gasteiger partial charge in [0.15, 0.2) is 0 Å². The lowest BCUT2D eigenvalue weighted by atomic mass is 9.78. The van der Waals surface area contributed by atoms with Gasteiger partial charge in [0.2, 0.25) is 0 Å². The van der Waals surface area contributed by atoms with Crippen molar-refractivity contribution in [1.82, 2.24) is 5.32 Å². The highest BCUT2D eigenvalue weighted by molar-refractivity contribution is 4.83. The highest BCUT2D eigenvalue weighted by Crippen LogP contribution is 2.33. The second-order valence-corrected chi connectivity index (χ2v) is 4.54. The number of ether oxygens (including phenoxy) is 1. The van der Waals surface area contributed by atoms with Gasteiger partial charge in [-0.25, -0.2) is 0 Å². The highest BCUT2D eigenvalue weighted by atomic mass is 16.5. The van der Waals surface area contributed by atoms with Gasteiger partial charge in [-0.15, -0.1) is 0 Å². The summed E-state index contributed by atoms with van der Waals surface area (Å²) < 4.78 is 5.46. The minimum absolute atomic E-state index is 0.555. The molecule has 1 aliphatic carbocycles. The van der Waals surface area contributed by atoms with Crippen LogP contribution in [0.2, 0.25) is 0 Å². The fourth-order valence-corrected chi connectivity index (χ4v) is 2.90. The molecule has 2 rings (SSSR count). The Labute approximate surface area is 81.0 Å². The van der Waals surface area contributed by atoms with Crippen molar-refractivity contribution in [2.45, 2.75) is 38.2 Å². The van der Waals surface area contributed by atoms with Gasteiger partial charge in [0.25, 0.3) is 0 Å². The average Bonchev–Trinajstić information content (AvgIpc) is 2.71. The molecule has 1 N–H and O–H groups in total. The van der Waals surface area contributed by atoms with Crippen molar-refractivity contribution in [3.63, 3.8) is 0 Å². The first-order valence-corrected chi connectivity index (χ1v) is 5.63. The van der Waals surface area contributed by atoms with Crippen LogP contribution in [0.3, 0.4) is 0 Å². The minimum atomic E-state index is 0.555. The van der Waals surface area contributed by atoms with E-state index in [0.717, 1.165) is 11.8 Å². The molecule has 0 amide bonds. The molecule has 0 aromatic rings. The predicted octanol–water partition coefficient (Wildman–Crippen LogP) is 1.80. The van der Waals surface area contributed by atoms with Crippen molar-refractivity contribution in [3.05, 3.63) is 0 Å². The summed E-state index contributed by atoms with van der Waals surface area (Å²) in [5.41, 5.74) is 0. The van der Waals surface area contributed by atoms with E-state index in [1.54, 1.807) is 0 Å². The maximum atomic E-state index is 5.46. The molecule has 0 bridgehead atoms. The van der Waals surface area contributed by atoms with Crippen LogP contribution in [-0.2, 0) is 4.74 Å². The van der Waals surface area contributed by atoms with E-state index in [1.807, 2.05) is 7.11 Å². The van der Waals surface area contributed by atoms with E-state index in [2.05, 4.69) is 5.32 Å². The number of rotatable bonds is 2. The Bertz CT molecular complexity index is 154. The molecular formula is C11H21NO. The monoisotopic (exact) mass is 183 g/mol. The molecule has 3 unspecified atom stereocenters. The molecule has 1 aliphatic heterocycles. The molecule has 2 heteroatoms. The van der Waals surface area contributed by atoms with E-state index >= 15 is 0 Å². The van der Waals surface area contributed by atoms with Gasteiger partial charge >= 0.3 is 0 Å². The molecule has 0 aromatic carbocycles. The van der Waals surface area contributed by atoms with Gasteiger partial charge in [-0.3, -0.25) is 0 Å². The Hall–Kier alpha value is -0.0800. The molecule has 0 aromatic heterocycles. The number of methoxy groups -OCH3 is 1. The summed E-state index contributed by atoms with van der Waals surface area (Å²) in [6.07, 6.45) is 7.35. The predicted molar refractivity (Wildman–Crippen MR) is 53.7 cm³/mol. The highest BCUT2D eigenvalue weighted by Gasteiger charge is 2.29. The van der Waals surface area contributed by atoms with Gasteiger partial charge in [-0.1, -0.05) is 6.42 Å². The normalized spacial score (nSPS) is 40.8. The zero-order chi connectivity index (χ0) is 9.10. The van der Waals surface area contributed by atoms with Gasteiger partial charge in [0.05, 0.1) is 6.10 Å². The molecule has 1 saturated carbocycles. The van der Waals surface area contributed by atoms with Crippen LogP contribution in [-0.4, -0.2) is 26.3 Å². The summed E-state index contributed by atoms with van der Waals surface area (Å²) in [4.78, 5) is 0. The van der Waals surface area contributed by atoms with E-state index in [9.17, 15) is 0 Å². The Balaban J connectivity index is 1.84. The van der Waals surface area contributed by atoms with Crippen LogP contribution < -0.4 is 5.32 Å². The van der Waals surface area contributed by atoms with Gasteiger partial charge in [-0.05, 0) is 50.6 Å². The molecule has 1 saturated heterocycles. The van der Waals surface area contributed by atoms with Crippen LogP contribution in [0.25, 0.3) is 0 Å². The van der Waals surface area contributed by atoms with Crippen LogP contribution in [0.15, 0.2) is 0 Å². The van der Waals surface area contributed by atoms with E-state index in [4.69, 9.17) is 4.74 Å². The van der Waals surface area contributed by atoms with Gasteiger partial charge in [0, 0.05) is 7.11 Å². The Morgan fingerprint density at radius 1 is 1.15 bits per heavy atom. The maximum absolute atomic E-state index is 5.46. The molecule has 76 valence electrons. The van der Waals surface area contributed by atoms with Crippen LogP contribution in [0.4, 0.5) is 0 Å². The van der Waals surface area contributed by atoms with E-state index in [0.29, 0.717) is 6.10 Å². The van der Waals surface area contributed by atoms with Crippen molar-refractivity contribution >= 4 is 0 Å². The molecular weight excluding hydrogens is 162 g/mol. The zero-order valence-electron chi connectivity index (χ0n) is 8.59. The van der Waals surface area contributed by atoms with Crippen LogP contribution >= 0.6 is 0 Å². The van der Waals surface area contributed by atoms with Crippen molar-refractivity contribution in [1.29, 1.82) is 0 Å². The number of hydrogen-bond acceptors (Lipinski definition) is 2. The van der Waals surface area contributed by atoms with Gasteiger partial charge in [0.1, 0.15) is 0 Å². The fourth-order valence-electron chi connectivity index (χ4n) is 2.90. The topological polar surface area (TPSA) is 21.3 Å². The lowest BCUT2D eigenvalue weighted by Gasteiger charge is -2.31. The first-order valence-electron chi connectivity index (χ1n) is 5.63. The lowest BCUT2D eigenvalue weighted by Crippen LogP contribution is -2.28. The summed E-state index contributed by atoms with van der Waals surface area (Å²) in [5, 5.41) is 3.46. The van der Waals surface area contributed by atoms with Crippen LogP contribution in [0.5, 0.6) is 0 Å². The lowest BCUT2D eigenvalue weighted by molar-refractivity contribution is 0.0390. The van der Waals surface area contributed by atoms with Crippen molar-refractivity contribution in [2.75, 3.05) is 20.2 Å². The van der Waals surface area contributed by atoms with E-state index in [-0.39, 0.29) is 0 Å². The third kappa shape index (κ3) is 2.23. The quantitative estimate of drug-likeness (QED) is 0.705. The molecule has 2 nitrogen and oxygen atoms in total. The zero-order valence-corrected chi connectivity index (χ0v) is 8.59. The molecule has 2 aliphatic rings. The first-order chi connectivity index (χ1) is 6.40. The summed E-state index contributed by atoms with van der Waals surface area (Å²) in [6, 6.07) is 0. The van der Waals surface area contributed by atoms with E-state index in [1.165, 1.54) is 45.2 Å². The van der Waals surface area contributed by atoms with Crippen molar-refractivity contribution in [2.24, 2.45) is 11.8 Å². The third-order valence-electron chi connectivity index (χ3n) is 3.77. The fraction of sp³-hybridized carbons (Fsp3) is 1.00. The number of nitrogens with one attached hydrogen (secondary N) is 1. The van der Waals surface area contributed by atoms with Gasteiger partial charge in [-0.2, -0.15) is 0 Å². The maximum Gasteiger partial charge on any atom is 0.0574 e. The average molecular weight is 183 g/mol. The second-order valence-electron chi connectivity index (χ2n) is 4.54. The molecule has 2 fully saturated rings. The Kier molecular flexibility index (Phi) is 3.23. The Morgan fingerprint density at radius 2 is 2.08 bits per heavy atom. The summed E-state index contributed by atoms with van der Waals surface area (Å²) >= 11 is 0. The second kappa shape index (κ2) is 4.43. The molecule has 13 heavy (non-hydrogen) atoms. The van der Waals surface area contributed by atoms with Crippen LogP contribution in [0, 0.1) is 11.8 Å². The smallest absolute Gasteiger partial charge is 0.0574 e. The summed E-state index contributed by atoms with van der Waals surface area (Å²) in [7, 11) is 1.86. The summed E-state index contributed by atoms with van der Waals surface area (Å²) in [5.74, 6) is 1.88. The first kappa shape index (κ1) is 9.47. The Morgan fingerprint density at radius 3 is 2.77 bits per heavy atom. The third-order valence-corrected chi connectivity index (χ3v) is 3.77. The minimum Gasteiger partial charge on any atom is -0.381 e. The van der Waals surface area contributed by atoms with E-state index < -0.39 is 0 Å². The molecule has 1 heterocycles. The number of hydrogen-bond donors (Lipinski definition) is 1. The summed E-state index contributed by atoms with van der Waals surface area (Å²) in [6.45, 7) is 2.49.